The summed E-state index contributed by atoms with van der Waals surface area (Å²) in [5.74, 6) is -0.135. The lowest BCUT2D eigenvalue weighted by Gasteiger charge is -2.33. The van der Waals surface area contributed by atoms with Gasteiger partial charge in [0.25, 0.3) is 0 Å². The van der Waals surface area contributed by atoms with Crippen molar-refractivity contribution in [2.75, 3.05) is 26.2 Å². The number of benzene rings is 1. The van der Waals surface area contributed by atoms with E-state index >= 15 is 0 Å². The molecular weight excluding hydrogens is 255 g/mol. The molecule has 1 aliphatic carbocycles. The van der Waals surface area contributed by atoms with Crippen molar-refractivity contribution in [3.8, 4) is 0 Å². The molecule has 1 saturated carbocycles. The van der Waals surface area contributed by atoms with Crippen LogP contribution in [0, 0.1) is 12.7 Å². The molecule has 1 N–H and O–H groups in total. The van der Waals surface area contributed by atoms with Crippen LogP contribution < -0.4 is 5.32 Å². The highest BCUT2D eigenvalue weighted by atomic mass is 19.1. The Morgan fingerprint density at radius 2 is 2.25 bits per heavy atom. The summed E-state index contributed by atoms with van der Waals surface area (Å²) < 4.78 is 19.0. The standard InChI is InChI=1S/C16H23FN2O/c1-12-8-13(2-5-16(12)17)9-18-10-15-11-19(6-7-20-15)14-3-4-14/h2,5,8,14-15,18H,3-4,6-7,9-11H2,1H3/t15-/m1/s1. The second-order valence-corrected chi connectivity index (χ2v) is 5.93. The van der Waals surface area contributed by atoms with Gasteiger partial charge < -0.3 is 10.1 Å². The summed E-state index contributed by atoms with van der Waals surface area (Å²) in [5, 5.41) is 3.42. The van der Waals surface area contributed by atoms with Crippen molar-refractivity contribution in [2.24, 2.45) is 0 Å². The van der Waals surface area contributed by atoms with Crippen LogP contribution in [0.2, 0.25) is 0 Å². The smallest absolute Gasteiger partial charge is 0.126 e. The van der Waals surface area contributed by atoms with Gasteiger partial charge in [-0.15, -0.1) is 0 Å². The third kappa shape index (κ3) is 3.57. The molecule has 1 saturated heterocycles. The number of aryl methyl sites for hydroxylation is 1. The number of rotatable bonds is 5. The van der Waals surface area contributed by atoms with Gasteiger partial charge in [-0.05, 0) is 37.0 Å². The van der Waals surface area contributed by atoms with E-state index in [0.29, 0.717) is 5.56 Å². The van der Waals surface area contributed by atoms with E-state index in [1.54, 1.807) is 6.92 Å². The molecule has 2 fully saturated rings. The third-order valence-electron chi connectivity index (χ3n) is 4.16. The monoisotopic (exact) mass is 278 g/mol. The van der Waals surface area contributed by atoms with E-state index in [2.05, 4.69) is 10.2 Å². The van der Waals surface area contributed by atoms with Crippen molar-refractivity contribution in [2.45, 2.75) is 38.5 Å². The van der Waals surface area contributed by atoms with Crippen LogP contribution in [0.1, 0.15) is 24.0 Å². The summed E-state index contributed by atoms with van der Waals surface area (Å²) in [7, 11) is 0. The van der Waals surface area contributed by atoms with E-state index in [1.807, 2.05) is 12.1 Å². The predicted octanol–water partition coefficient (Wildman–Crippen LogP) is 2.09. The fraction of sp³-hybridized carbons (Fsp3) is 0.625. The number of halogens is 1. The van der Waals surface area contributed by atoms with Crippen LogP contribution in [0.25, 0.3) is 0 Å². The van der Waals surface area contributed by atoms with Crippen molar-refractivity contribution in [3.05, 3.63) is 35.1 Å². The minimum atomic E-state index is -0.135. The van der Waals surface area contributed by atoms with Crippen LogP contribution in [0.3, 0.4) is 0 Å². The van der Waals surface area contributed by atoms with E-state index in [0.717, 1.165) is 44.4 Å². The molecule has 1 aliphatic heterocycles. The molecule has 0 amide bonds. The molecule has 3 rings (SSSR count). The van der Waals surface area contributed by atoms with Crippen LogP contribution >= 0.6 is 0 Å². The molecule has 0 aromatic heterocycles. The van der Waals surface area contributed by atoms with Gasteiger partial charge in [0.2, 0.25) is 0 Å². The Bertz CT molecular complexity index is 462. The van der Waals surface area contributed by atoms with E-state index in [1.165, 1.54) is 18.9 Å². The Balaban J connectivity index is 1.43. The van der Waals surface area contributed by atoms with Gasteiger partial charge in [0.15, 0.2) is 0 Å². The number of nitrogens with one attached hydrogen (secondary N) is 1. The minimum absolute atomic E-state index is 0.135. The Morgan fingerprint density at radius 1 is 1.40 bits per heavy atom. The van der Waals surface area contributed by atoms with Gasteiger partial charge in [-0.25, -0.2) is 4.39 Å². The highest BCUT2D eigenvalue weighted by molar-refractivity contribution is 5.23. The lowest BCUT2D eigenvalue weighted by atomic mass is 10.1. The summed E-state index contributed by atoms with van der Waals surface area (Å²) in [4.78, 5) is 2.55. The lowest BCUT2D eigenvalue weighted by Crippen LogP contribution is -2.47. The van der Waals surface area contributed by atoms with Crippen molar-refractivity contribution < 1.29 is 9.13 Å². The maximum absolute atomic E-state index is 13.2. The molecule has 0 unspecified atom stereocenters. The molecule has 1 aromatic carbocycles. The first-order valence-corrected chi connectivity index (χ1v) is 7.54. The fourth-order valence-electron chi connectivity index (χ4n) is 2.83. The third-order valence-corrected chi connectivity index (χ3v) is 4.16. The molecule has 0 spiro atoms. The average Bonchev–Trinajstić information content (AvgIpc) is 3.28. The van der Waals surface area contributed by atoms with Crippen molar-refractivity contribution in [1.82, 2.24) is 10.2 Å². The Kier molecular flexibility index (Phi) is 4.34. The van der Waals surface area contributed by atoms with E-state index in [9.17, 15) is 4.39 Å². The average molecular weight is 278 g/mol. The molecule has 0 bridgehead atoms. The summed E-state index contributed by atoms with van der Waals surface area (Å²) in [6, 6.07) is 6.10. The van der Waals surface area contributed by atoms with Gasteiger partial charge in [-0.3, -0.25) is 4.90 Å². The van der Waals surface area contributed by atoms with Crippen molar-refractivity contribution in [3.63, 3.8) is 0 Å². The summed E-state index contributed by atoms with van der Waals surface area (Å²) >= 11 is 0. The van der Waals surface area contributed by atoms with Gasteiger partial charge in [0.05, 0.1) is 12.7 Å². The molecule has 4 heteroatoms. The molecule has 1 heterocycles. The quantitative estimate of drug-likeness (QED) is 0.892. The molecule has 110 valence electrons. The Hall–Kier alpha value is -0.970. The zero-order valence-corrected chi connectivity index (χ0v) is 12.1. The Morgan fingerprint density at radius 3 is 3.00 bits per heavy atom. The lowest BCUT2D eigenvalue weighted by molar-refractivity contribution is -0.0301. The SMILES string of the molecule is Cc1cc(CNC[C@@H]2CN(C3CC3)CCO2)ccc1F. The second-order valence-electron chi connectivity index (χ2n) is 5.93. The first-order chi connectivity index (χ1) is 9.72. The normalized spacial score (nSPS) is 24.0. The van der Waals surface area contributed by atoms with Crippen molar-refractivity contribution in [1.29, 1.82) is 0 Å². The second kappa shape index (κ2) is 6.20. The number of ether oxygens (including phenoxy) is 1. The molecule has 0 radical (unpaired) electrons. The first-order valence-electron chi connectivity index (χ1n) is 7.54. The Labute approximate surface area is 120 Å². The van der Waals surface area contributed by atoms with Gasteiger partial charge in [0, 0.05) is 32.2 Å². The van der Waals surface area contributed by atoms with E-state index < -0.39 is 0 Å². The van der Waals surface area contributed by atoms with Crippen LogP contribution in [-0.4, -0.2) is 43.3 Å². The number of nitrogens with zero attached hydrogens (tertiary/aromatic N) is 1. The number of hydrogen-bond acceptors (Lipinski definition) is 3. The zero-order valence-electron chi connectivity index (χ0n) is 12.1. The maximum Gasteiger partial charge on any atom is 0.126 e. The number of morpholine rings is 1. The first kappa shape index (κ1) is 14.0. The molecular formula is C16H23FN2O. The van der Waals surface area contributed by atoms with Crippen LogP contribution in [-0.2, 0) is 11.3 Å². The fourth-order valence-corrected chi connectivity index (χ4v) is 2.83. The molecule has 20 heavy (non-hydrogen) atoms. The highest BCUT2D eigenvalue weighted by Gasteiger charge is 2.32. The zero-order chi connectivity index (χ0) is 13.9. The largest absolute Gasteiger partial charge is 0.374 e. The number of hydrogen-bond donors (Lipinski definition) is 1. The van der Waals surface area contributed by atoms with Gasteiger partial charge >= 0.3 is 0 Å². The molecule has 3 nitrogen and oxygen atoms in total. The van der Waals surface area contributed by atoms with E-state index in [-0.39, 0.29) is 11.9 Å². The molecule has 1 aromatic rings. The predicted molar refractivity (Wildman–Crippen MR) is 77.2 cm³/mol. The molecule has 2 aliphatic rings. The van der Waals surface area contributed by atoms with Gasteiger partial charge in [0.1, 0.15) is 5.82 Å². The minimum Gasteiger partial charge on any atom is -0.374 e. The summed E-state index contributed by atoms with van der Waals surface area (Å²) in [6.45, 7) is 6.40. The van der Waals surface area contributed by atoms with Gasteiger partial charge in [-0.2, -0.15) is 0 Å². The van der Waals surface area contributed by atoms with Crippen LogP contribution in [0.4, 0.5) is 4.39 Å². The van der Waals surface area contributed by atoms with Crippen molar-refractivity contribution >= 4 is 0 Å². The van der Waals surface area contributed by atoms with E-state index in [4.69, 9.17) is 4.74 Å². The van der Waals surface area contributed by atoms with Crippen LogP contribution in [0.15, 0.2) is 18.2 Å². The summed E-state index contributed by atoms with van der Waals surface area (Å²) in [6.07, 6.45) is 3.00. The topological polar surface area (TPSA) is 24.5 Å². The highest BCUT2D eigenvalue weighted by Crippen LogP contribution is 2.28. The summed E-state index contributed by atoms with van der Waals surface area (Å²) in [5.41, 5.74) is 1.83. The molecule has 1 atom stereocenters. The maximum atomic E-state index is 13.2. The van der Waals surface area contributed by atoms with Crippen LogP contribution in [0.5, 0.6) is 0 Å². The van der Waals surface area contributed by atoms with Gasteiger partial charge in [-0.1, -0.05) is 12.1 Å².